The third-order valence-electron chi connectivity index (χ3n) is 4.78. The highest BCUT2D eigenvalue weighted by Crippen LogP contribution is 2.34. The number of nitrogens with zero attached hydrogens (tertiary/aromatic N) is 2. The molecule has 23 heavy (non-hydrogen) atoms. The zero-order valence-corrected chi connectivity index (χ0v) is 14.0. The molecule has 5 heteroatoms. The molecule has 124 valence electrons. The van der Waals surface area contributed by atoms with Gasteiger partial charge in [-0.05, 0) is 38.0 Å². The highest BCUT2D eigenvalue weighted by atomic mass is 19.1. The van der Waals surface area contributed by atoms with Gasteiger partial charge >= 0.3 is 0 Å². The summed E-state index contributed by atoms with van der Waals surface area (Å²) in [7, 11) is 1.97. The fraction of sp³-hybridized carbons (Fsp3) is 0.500. The molecule has 2 heterocycles. The number of hydrogen-bond donors (Lipinski definition) is 1. The number of ether oxygens (including phenoxy) is 1. The lowest BCUT2D eigenvalue weighted by molar-refractivity contribution is 0.0904. The summed E-state index contributed by atoms with van der Waals surface area (Å²) < 4.78 is 20.9. The molecule has 1 aromatic heterocycles. The Morgan fingerprint density at radius 3 is 2.70 bits per heavy atom. The number of benzene rings is 1. The van der Waals surface area contributed by atoms with Crippen LogP contribution in [0.1, 0.15) is 35.0 Å². The van der Waals surface area contributed by atoms with E-state index in [4.69, 9.17) is 4.74 Å². The minimum atomic E-state index is -0.205. The van der Waals surface area contributed by atoms with Gasteiger partial charge in [0.1, 0.15) is 5.82 Å². The summed E-state index contributed by atoms with van der Waals surface area (Å²) in [6.07, 6.45) is 1.08. The Balaban J connectivity index is 1.60. The maximum atomic E-state index is 13.1. The van der Waals surface area contributed by atoms with Crippen LogP contribution in [0, 0.1) is 25.6 Å². The maximum Gasteiger partial charge on any atom is 0.123 e. The van der Waals surface area contributed by atoms with Crippen molar-refractivity contribution in [1.29, 1.82) is 0 Å². The average Bonchev–Trinajstić information content (AvgIpc) is 3.08. The highest BCUT2D eigenvalue weighted by molar-refractivity contribution is 5.24. The molecule has 4 nitrogen and oxygen atoms in total. The highest BCUT2D eigenvalue weighted by Gasteiger charge is 2.29. The molecule has 1 aliphatic rings. The first kappa shape index (κ1) is 16.1. The largest absolute Gasteiger partial charge is 0.373 e. The van der Waals surface area contributed by atoms with Gasteiger partial charge in [0.2, 0.25) is 0 Å². The van der Waals surface area contributed by atoms with Crippen molar-refractivity contribution in [3.05, 3.63) is 52.6 Å². The van der Waals surface area contributed by atoms with E-state index in [2.05, 4.69) is 17.3 Å². The molecule has 2 atom stereocenters. The van der Waals surface area contributed by atoms with Crippen molar-refractivity contribution in [3.8, 4) is 0 Å². The van der Waals surface area contributed by atoms with E-state index in [0.717, 1.165) is 37.4 Å². The molecule has 3 rings (SSSR count). The molecule has 1 saturated heterocycles. The van der Waals surface area contributed by atoms with Crippen LogP contribution in [0.2, 0.25) is 0 Å². The molecule has 0 radical (unpaired) electrons. The van der Waals surface area contributed by atoms with Gasteiger partial charge in [-0.15, -0.1) is 0 Å². The Hall–Kier alpha value is -1.72. The molecule has 0 amide bonds. The molecular weight excluding hydrogens is 293 g/mol. The molecule has 1 fully saturated rings. The molecule has 1 aromatic carbocycles. The van der Waals surface area contributed by atoms with E-state index in [1.165, 1.54) is 23.4 Å². The van der Waals surface area contributed by atoms with Crippen molar-refractivity contribution in [2.45, 2.75) is 32.9 Å². The van der Waals surface area contributed by atoms with Gasteiger partial charge in [0.05, 0.1) is 11.8 Å². The van der Waals surface area contributed by atoms with Gasteiger partial charge in [-0.2, -0.15) is 5.10 Å². The van der Waals surface area contributed by atoms with E-state index in [9.17, 15) is 4.39 Å². The maximum absolute atomic E-state index is 13.1. The molecule has 0 unspecified atom stereocenters. The monoisotopic (exact) mass is 317 g/mol. The third-order valence-corrected chi connectivity index (χ3v) is 4.78. The zero-order valence-electron chi connectivity index (χ0n) is 14.0. The van der Waals surface area contributed by atoms with Crippen molar-refractivity contribution >= 4 is 0 Å². The van der Waals surface area contributed by atoms with Gasteiger partial charge in [0.25, 0.3) is 0 Å². The first-order valence-electron chi connectivity index (χ1n) is 8.13. The second-order valence-electron chi connectivity index (χ2n) is 6.30. The summed E-state index contributed by atoms with van der Waals surface area (Å²) in [5.74, 6) is 0.210. The van der Waals surface area contributed by atoms with Crippen molar-refractivity contribution in [1.82, 2.24) is 15.1 Å². The van der Waals surface area contributed by atoms with Crippen LogP contribution >= 0.6 is 0 Å². The minimum absolute atomic E-state index is 0.0548. The SMILES string of the molecule is Cc1nn(C)c(C)c1CNC[C@@H]1CCO[C@H]1c1ccc(F)cc1. The van der Waals surface area contributed by atoms with E-state index in [0.29, 0.717) is 5.92 Å². The molecule has 0 saturated carbocycles. The van der Waals surface area contributed by atoms with Crippen molar-refractivity contribution in [3.63, 3.8) is 0 Å². The molecule has 0 spiro atoms. The molecule has 0 aliphatic carbocycles. The summed E-state index contributed by atoms with van der Waals surface area (Å²) >= 11 is 0. The Morgan fingerprint density at radius 2 is 2.04 bits per heavy atom. The van der Waals surface area contributed by atoms with Crippen LogP contribution in [0.3, 0.4) is 0 Å². The number of hydrogen-bond acceptors (Lipinski definition) is 3. The second kappa shape index (κ2) is 6.81. The predicted octanol–water partition coefficient (Wildman–Crippen LogP) is 3.04. The first-order valence-corrected chi connectivity index (χ1v) is 8.13. The Morgan fingerprint density at radius 1 is 1.30 bits per heavy atom. The standard InChI is InChI=1S/C18H24FN3O/c1-12-17(13(2)22(3)21-12)11-20-10-15-8-9-23-18(15)14-4-6-16(19)7-5-14/h4-7,15,18,20H,8-11H2,1-3H3/t15-,18-/m0/s1. The molecule has 2 aromatic rings. The van der Waals surface area contributed by atoms with E-state index in [1.807, 2.05) is 30.8 Å². The van der Waals surface area contributed by atoms with Crippen LogP contribution in [0.25, 0.3) is 0 Å². The van der Waals surface area contributed by atoms with Crippen LogP contribution in [-0.2, 0) is 18.3 Å². The summed E-state index contributed by atoms with van der Waals surface area (Å²) in [5.41, 5.74) is 4.61. The van der Waals surface area contributed by atoms with E-state index in [1.54, 1.807) is 0 Å². The first-order chi connectivity index (χ1) is 11.1. The van der Waals surface area contributed by atoms with Crippen LogP contribution in [0.4, 0.5) is 4.39 Å². The molecule has 1 N–H and O–H groups in total. The summed E-state index contributed by atoms with van der Waals surface area (Å²) in [4.78, 5) is 0. The number of nitrogens with one attached hydrogen (secondary N) is 1. The van der Waals surface area contributed by atoms with Crippen LogP contribution in [-0.4, -0.2) is 22.9 Å². The Kier molecular flexibility index (Phi) is 4.78. The smallest absolute Gasteiger partial charge is 0.123 e. The minimum Gasteiger partial charge on any atom is -0.373 e. The third kappa shape index (κ3) is 3.46. The fourth-order valence-corrected chi connectivity index (χ4v) is 3.32. The number of rotatable bonds is 5. The molecule has 0 bridgehead atoms. The molecular formula is C18H24FN3O. The van der Waals surface area contributed by atoms with Crippen LogP contribution in [0.5, 0.6) is 0 Å². The topological polar surface area (TPSA) is 39.1 Å². The summed E-state index contributed by atoms with van der Waals surface area (Å²) in [6, 6.07) is 6.66. The normalized spacial score (nSPS) is 21.0. The number of halogens is 1. The quantitative estimate of drug-likeness (QED) is 0.921. The average molecular weight is 317 g/mol. The van der Waals surface area contributed by atoms with Gasteiger partial charge in [-0.25, -0.2) is 4.39 Å². The van der Waals surface area contributed by atoms with E-state index < -0.39 is 0 Å². The predicted molar refractivity (Wildman–Crippen MR) is 87.6 cm³/mol. The molecule has 1 aliphatic heterocycles. The zero-order chi connectivity index (χ0) is 16.4. The van der Waals surface area contributed by atoms with Gasteiger partial charge in [-0.1, -0.05) is 12.1 Å². The van der Waals surface area contributed by atoms with Gasteiger partial charge < -0.3 is 10.1 Å². The van der Waals surface area contributed by atoms with Gasteiger partial charge in [0, 0.05) is 43.9 Å². The van der Waals surface area contributed by atoms with E-state index in [-0.39, 0.29) is 11.9 Å². The van der Waals surface area contributed by atoms with Crippen LogP contribution < -0.4 is 5.32 Å². The summed E-state index contributed by atoms with van der Waals surface area (Å²) in [6.45, 7) is 6.61. The van der Waals surface area contributed by atoms with E-state index >= 15 is 0 Å². The second-order valence-corrected chi connectivity index (χ2v) is 6.30. The Bertz CT molecular complexity index is 666. The van der Waals surface area contributed by atoms with Crippen molar-refractivity contribution in [2.24, 2.45) is 13.0 Å². The number of aromatic nitrogens is 2. The summed E-state index contributed by atoms with van der Waals surface area (Å²) in [5, 5.41) is 7.99. The lowest BCUT2D eigenvalue weighted by Gasteiger charge is -2.19. The van der Waals surface area contributed by atoms with Crippen molar-refractivity contribution < 1.29 is 9.13 Å². The fourth-order valence-electron chi connectivity index (χ4n) is 3.32. The van der Waals surface area contributed by atoms with Gasteiger partial charge in [0.15, 0.2) is 0 Å². The van der Waals surface area contributed by atoms with Crippen LogP contribution in [0.15, 0.2) is 24.3 Å². The number of aryl methyl sites for hydroxylation is 2. The van der Waals surface area contributed by atoms with Crippen molar-refractivity contribution in [2.75, 3.05) is 13.2 Å². The lowest BCUT2D eigenvalue weighted by Crippen LogP contribution is -2.25. The lowest BCUT2D eigenvalue weighted by atomic mass is 9.95. The Labute approximate surface area is 136 Å². The van der Waals surface area contributed by atoms with Gasteiger partial charge in [-0.3, -0.25) is 4.68 Å².